The standard InChI is InChI=1S/C24H24BrF3O7/c1-29-11-35-21-13-10-16(32-4)22(33-5)23(34-6)18(13)17(19(20(21)25)24(26,27)28)12-7-8-14(30-2)15(9-12)31-3/h7-10H,11H2,1-6H3. The summed E-state index contributed by atoms with van der Waals surface area (Å²) in [7, 11) is 8.31. The first-order valence-corrected chi connectivity index (χ1v) is 10.9. The van der Waals surface area contributed by atoms with Crippen molar-refractivity contribution < 1.29 is 46.3 Å². The fraction of sp³-hybridized carbons (Fsp3) is 0.333. The van der Waals surface area contributed by atoms with Crippen molar-refractivity contribution in [3.63, 3.8) is 0 Å². The van der Waals surface area contributed by atoms with Crippen LogP contribution in [-0.4, -0.2) is 49.5 Å². The van der Waals surface area contributed by atoms with Crippen molar-refractivity contribution in [3.05, 3.63) is 34.3 Å². The summed E-state index contributed by atoms with van der Waals surface area (Å²) in [5.41, 5.74) is -0.957. The summed E-state index contributed by atoms with van der Waals surface area (Å²) >= 11 is 3.14. The van der Waals surface area contributed by atoms with Crippen molar-refractivity contribution in [2.24, 2.45) is 0 Å². The zero-order valence-corrected chi connectivity index (χ0v) is 21.5. The van der Waals surface area contributed by atoms with Crippen molar-refractivity contribution in [3.8, 4) is 45.6 Å². The molecule has 35 heavy (non-hydrogen) atoms. The Morgan fingerprint density at radius 3 is 1.89 bits per heavy atom. The zero-order valence-electron chi connectivity index (χ0n) is 19.9. The molecule has 190 valence electrons. The third kappa shape index (κ3) is 4.74. The summed E-state index contributed by atoms with van der Waals surface area (Å²) in [6, 6.07) is 6.01. The van der Waals surface area contributed by atoms with E-state index in [1.54, 1.807) is 0 Å². The van der Waals surface area contributed by atoms with Crippen molar-refractivity contribution in [1.82, 2.24) is 0 Å². The first-order chi connectivity index (χ1) is 16.7. The highest BCUT2D eigenvalue weighted by molar-refractivity contribution is 9.10. The number of ether oxygens (including phenoxy) is 7. The number of hydrogen-bond donors (Lipinski definition) is 0. The van der Waals surface area contributed by atoms with Crippen LogP contribution < -0.4 is 28.4 Å². The van der Waals surface area contributed by atoms with E-state index in [2.05, 4.69) is 15.9 Å². The average Bonchev–Trinajstić information content (AvgIpc) is 2.84. The fourth-order valence-electron chi connectivity index (χ4n) is 3.86. The minimum Gasteiger partial charge on any atom is -0.493 e. The molecule has 0 fully saturated rings. The Morgan fingerprint density at radius 1 is 0.743 bits per heavy atom. The van der Waals surface area contributed by atoms with Crippen LogP contribution in [0.25, 0.3) is 21.9 Å². The van der Waals surface area contributed by atoms with Crippen molar-refractivity contribution in [1.29, 1.82) is 0 Å². The molecule has 7 nitrogen and oxygen atoms in total. The van der Waals surface area contributed by atoms with Gasteiger partial charge in [-0.25, -0.2) is 0 Å². The Hall–Kier alpha value is -3.05. The first-order valence-electron chi connectivity index (χ1n) is 10.1. The van der Waals surface area contributed by atoms with E-state index >= 15 is 0 Å². The molecule has 0 radical (unpaired) electrons. The minimum atomic E-state index is -4.79. The highest BCUT2D eigenvalue weighted by Crippen LogP contribution is 2.56. The molecule has 0 bridgehead atoms. The number of rotatable bonds is 9. The summed E-state index contributed by atoms with van der Waals surface area (Å²) in [5, 5.41) is 0.375. The Morgan fingerprint density at radius 2 is 1.37 bits per heavy atom. The largest absolute Gasteiger partial charge is 0.493 e. The molecule has 3 aromatic carbocycles. The molecule has 3 rings (SSSR count). The van der Waals surface area contributed by atoms with E-state index in [0.29, 0.717) is 5.75 Å². The van der Waals surface area contributed by atoms with Crippen LogP contribution in [0, 0.1) is 0 Å². The van der Waals surface area contributed by atoms with E-state index in [4.69, 9.17) is 33.2 Å². The Labute approximate surface area is 208 Å². The maximum Gasteiger partial charge on any atom is 0.418 e. The van der Waals surface area contributed by atoms with Crippen LogP contribution in [0.5, 0.6) is 34.5 Å². The van der Waals surface area contributed by atoms with Crippen LogP contribution in [0.2, 0.25) is 0 Å². The molecule has 0 aliphatic rings. The lowest BCUT2D eigenvalue weighted by molar-refractivity contribution is -0.137. The third-order valence-corrected chi connectivity index (χ3v) is 6.03. The number of fused-ring (bicyclic) bond motifs is 1. The SMILES string of the molecule is COCOc1c(Br)c(C(F)(F)F)c(-c2ccc(OC)c(OC)c2)c2c(OC)c(OC)c(OC)cc12. The van der Waals surface area contributed by atoms with Crippen LogP contribution in [0.4, 0.5) is 13.2 Å². The number of benzene rings is 3. The van der Waals surface area contributed by atoms with Crippen LogP contribution in [0.15, 0.2) is 28.7 Å². The van der Waals surface area contributed by atoms with Gasteiger partial charge in [-0.2, -0.15) is 13.2 Å². The van der Waals surface area contributed by atoms with Gasteiger partial charge in [0.15, 0.2) is 29.8 Å². The second-order valence-corrected chi connectivity index (χ2v) is 7.87. The molecule has 0 heterocycles. The van der Waals surface area contributed by atoms with Crippen LogP contribution >= 0.6 is 15.9 Å². The average molecular weight is 561 g/mol. The van der Waals surface area contributed by atoms with E-state index < -0.39 is 11.7 Å². The smallest absolute Gasteiger partial charge is 0.418 e. The maximum atomic E-state index is 14.6. The van der Waals surface area contributed by atoms with E-state index in [9.17, 15) is 13.2 Å². The quantitative estimate of drug-likeness (QED) is 0.284. The van der Waals surface area contributed by atoms with Crippen molar-refractivity contribution in [2.45, 2.75) is 6.18 Å². The van der Waals surface area contributed by atoms with Crippen LogP contribution in [0.3, 0.4) is 0 Å². The lowest BCUT2D eigenvalue weighted by Crippen LogP contribution is -2.12. The van der Waals surface area contributed by atoms with Gasteiger partial charge in [0.05, 0.1) is 45.6 Å². The van der Waals surface area contributed by atoms with Gasteiger partial charge in [-0.05, 0) is 39.7 Å². The van der Waals surface area contributed by atoms with Gasteiger partial charge >= 0.3 is 6.18 Å². The molecular formula is C24H24BrF3O7. The molecule has 0 aliphatic heterocycles. The minimum absolute atomic E-state index is 0.0342. The zero-order chi connectivity index (χ0) is 25.9. The monoisotopic (exact) mass is 560 g/mol. The second kappa shape index (κ2) is 10.7. The molecule has 0 aliphatic carbocycles. The number of alkyl halides is 3. The van der Waals surface area contributed by atoms with Gasteiger partial charge in [0.1, 0.15) is 5.75 Å². The Balaban J connectivity index is 2.66. The van der Waals surface area contributed by atoms with Gasteiger partial charge in [-0.3, -0.25) is 0 Å². The Bertz CT molecular complexity index is 1230. The maximum absolute atomic E-state index is 14.6. The number of methoxy groups -OCH3 is 6. The molecule has 0 aromatic heterocycles. The fourth-order valence-corrected chi connectivity index (χ4v) is 4.61. The lowest BCUT2D eigenvalue weighted by atomic mass is 9.90. The highest BCUT2D eigenvalue weighted by Gasteiger charge is 2.41. The first kappa shape index (κ1) is 26.6. The van der Waals surface area contributed by atoms with Gasteiger partial charge in [-0.15, -0.1) is 0 Å². The predicted octanol–water partition coefficient (Wildman–Crippen LogP) is 6.31. The van der Waals surface area contributed by atoms with Crippen molar-refractivity contribution >= 4 is 26.7 Å². The molecule has 0 saturated heterocycles. The molecular weight excluding hydrogens is 537 g/mol. The van der Waals surface area contributed by atoms with E-state index in [0.717, 1.165) is 0 Å². The summed E-state index contributed by atoms with van der Waals surface area (Å²) in [6.07, 6.45) is -4.79. The normalized spacial score (nSPS) is 11.4. The summed E-state index contributed by atoms with van der Waals surface area (Å²) in [6.45, 7) is -0.294. The van der Waals surface area contributed by atoms with E-state index in [1.165, 1.54) is 66.9 Å². The van der Waals surface area contributed by atoms with Crippen LogP contribution in [-0.2, 0) is 10.9 Å². The molecule has 11 heteroatoms. The van der Waals surface area contributed by atoms with E-state index in [1.807, 2.05) is 0 Å². The molecule has 0 saturated carbocycles. The number of halogens is 4. The third-order valence-electron chi connectivity index (χ3n) is 5.27. The van der Waals surface area contributed by atoms with Gasteiger partial charge in [0, 0.05) is 23.4 Å². The molecule has 0 unspecified atom stereocenters. The molecule has 0 amide bonds. The Kier molecular flexibility index (Phi) is 8.11. The van der Waals surface area contributed by atoms with Gasteiger partial charge in [0.2, 0.25) is 5.75 Å². The molecule has 0 spiro atoms. The number of hydrogen-bond acceptors (Lipinski definition) is 7. The highest BCUT2D eigenvalue weighted by atomic mass is 79.9. The molecule has 0 atom stereocenters. The summed E-state index contributed by atoms with van der Waals surface area (Å²) in [5.74, 6) is 0.909. The van der Waals surface area contributed by atoms with Gasteiger partial charge < -0.3 is 33.2 Å². The predicted molar refractivity (Wildman–Crippen MR) is 127 cm³/mol. The van der Waals surface area contributed by atoms with Crippen molar-refractivity contribution in [2.75, 3.05) is 49.5 Å². The molecule has 3 aromatic rings. The lowest BCUT2D eigenvalue weighted by Gasteiger charge is -2.24. The van der Waals surface area contributed by atoms with Crippen LogP contribution in [0.1, 0.15) is 5.56 Å². The van der Waals surface area contributed by atoms with Gasteiger partial charge in [0.25, 0.3) is 0 Å². The summed E-state index contributed by atoms with van der Waals surface area (Å²) < 4.78 is 81.3. The topological polar surface area (TPSA) is 64.6 Å². The van der Waals surface area contributed by atoms with Gasteiger partial charge in [-0.1, -0.05) is 6.07 Å². The van der Waals surface area contributed by atoms with E-state index in [-0.39, 0.29) is 61.9 Å². The summed E-state index contributed by atoms with van der Waals surface area (Å²) in [4.78, 5) is 0. The second-order valence-electron chi connectivity index (χ2n) is 7.08. The molecule has 0 N–H and O–H groups in total.